The molecule has 0 saturated heterocycles. The number of rotatable bonds is 73. The van der Waals surface area contributed by atoms with Crippen LogP contribution in [0, 0.1) is 0 Å². The third kappa shape index (κ3) is 79.2. The van der Waals surface area contributed by atoms with Crippen molar-refractivity contribution < 1.29 is 80.2 Å². The number of hydrogen-bond acceptors (Lipinski definition) is 15. The molecule has 19 heteroatoms. The molecule has 0 rings (SSSR count). The highest BCUT2D eigenvalue weighted by molar-refractivity contribution is 7.47. The molecule has 0 aliphatic heterocycles. The number of phosphoric ester groups is 2. The first kappa shape index (κ1) is 103. The number of unbranched alkanes of at least 4 members (excludes halogenated alkanes) is 9. The van der Waals surface area contributed by atoms with Crippen LogP contribution in [0.15, 0.2) is 231 Å². The van der Waals surface area contributed by atoms with Gasteiger partial charge < -0.3 is 33.8 Å². The molecule has 0 aliphatic rings. The van der Waals surface area contributed by atoms with Gasteiger partial charge in [0.15, 0.2) is 12.2 Å². The molecule has 5 atom stereocenters. The predicted molar refractivity (Wildman–Crippen MR) is 454 cm³/mol. The second-order valence-corrected chi connectivity index (χ2v) is 28.7. The van der Waals surface area contributed by atoms with Crippen LogP contribution in [0.2, 0.25) is 0 Å². The van der Waals surface area contributed by atoms with E-state index in [4.69, 9.17) is 37.0 Å². The lowest BCUT2D eigenvalue weighted by molar-refractivity contribution is -0.161. The van der Waals surface area contributed by atoms with Crippen molar-refractivity contribution in [2.75, 3.05) is 39.6 Å². The van der Waals surface area contributed by atoms with Crippen molar-refractivity contribution in [2.45, 2.75) is 277 Å². The smallest absolute Gasteiger partial charge is 0.462 e. The lowest BCUT2D eigenvalue weighted by Crippen LogP contribution is -2.30. The average molecular weight is 1570 g/mol. The second-order valence-electron chi connectivity index (χ2n) is 25.8. The summed E-state index contributed by atoms with van der Waals surface area (Å²) in [6.07, 6.45) is 103. The summed E-state index contributed by atoms with van der Waals surface area (Å²) in [5.41, 5.74) is 0. The number of aliphatic hydroxyl groups excluding tert-OH is 1. The van der Waals surface area contributed by atoms with Crippen LogP contribution in [0.3, 0.4) is 0 Å². The van der Waals surface area contributed by atoms with Crippen LogP contribution in [0.25, 0.3) is 0 Å². The monoisotopic (exact) mass is 1570 g/mol. The second kappa shape index (κ2) is 80.2. The van der Waals surface area contributed by atoms with Gasteiger partial charge in [-0.2, -0.15) is 0 Å². The number of ether oxygens (including phenoxy) is 4. The van der Waals surface area contributed by atoms with Gasteiger partial charge in [0.1, 0.15) is 19.3 Å². The van der Waals surface area contributed by atoms with Crippen LogP contribution in [0.1, 0.15) is 259 Å². The summed E-state index contributed by atoms with van der Waals surface area (Å²) >= 11 is 0. The van der Waals surface area contributed by atoms with Crippen molar-refractivity contribution in [2.24, 2.45) is 0 Å². The van der Waals surface area contributed by atoms with Crippen molar-refractivity contribution in [1.29, 1.82) is 0 Å². The molecule has 0 aromatic carbocycles. The van der Waals surface area contributed by atoms with Crippen molar-refractivity contribution in [3.63, 3.8) is 0 Å². The van der Waals surface area contributed by atoms with E-state index in [1.54, 1.807) is 0 Å². The summed E-state index contributed by atoms with van der Waals surface area (Å²) in [5.74, 6) is -2.40. The van der Waals surface area contributed by atoms with Crippen LogP contribution < -0.4 is 0 Å². The minimum Gasteiger partial charge on any atom is -0.462 e. The number of allylic oxidation sites excluding steroid dienone is 38. The zero-order valence-electron chi connectivity index (χ0n) is 67.3. The molecule has 17 nitrogen and oxygen atoms in total. The fraction of sp³-hybridized carbons (Fsp3) is 0.538. The van der Waals surface area contributed by atoms with Crippen LogP contribution in [0.5, 0.6) is 0 Å². The average Bonchev–Trinajstić information content (AvgIpc) is 0.900. The third-order valence-electron chi connectivity index (χ3n) is 15.6. The Bertz CT molecular complexity index is 3000. The molecule has 616 valence electrons. The van der Waals surface area contributed by atoms with E-state index in [0.29, 0.717) is 38.5 Å². The SMILES string of the molecule is CC/C=C\C/C=C\C/C=C\C/C=C\C/C=C\CCCCCC(=O)OCC(COP(=O)(O)OCC(O)COP(=O)(O)OCC(COC(=O)CCC/C=C\C/C=C\C/C=C\C/C=C\C/C=C\CC)OC(=O)CCCC/C=C\C/C=C\C/C=C\C/C=C\CC)OC(=O)CCCCC/C=C\C/C=C\C/C=C\C/C=C\C/C=C\CC. The van der Waals surface area contributed by atoms with Gasteiger partial charge in [-0.3, -0.25) is 37.3 Å². The van der Waals surface area contributed by atoms with Crippen LogP contribution in [-0.2, 0) is 65.4 Å². The quantitative estimate of drug-likeness (QED) is 0.0169. The summed E-state index contributed by atoms with van der Waals surface area (Å²) in [6.45, 7) is 4.18. The highest BCUT2D eigenvalue weighted by atomic mass is 31.2. The maximum absolute atomic E-state index is 13.1. The summed E-state index contributed by atoms with van der Waals surface area (Å²) in [5, 5.41) is 10.7. The van der Waals surface area contributed by atoms with E-state index in [9.17, 15) is 43.2 Å². The molecule has 110 heavy (non-hydrogen) atoms. The van der Waals surface area contributed by atoms with Crippen LogP contribution in [-0.4, -0.2) is 96.7 Å². The maximum Gasteiger partial charge on any atom is 0.472 e. The number of aliphatic hydroxyl groups is 1. The summed E-state index contributed by atoms with van der Waals surface area (Å²) in [7, 11) is -10.0. The van der Waals surface area contributed by atoms with Gasteiger partial charge >= 0.3 is 39.5 Å². The third-order valence-corrected chi connectivity index (χ3v) is 17.5. The van der Waals surface area contributed by atoms with E-state index in [0.717, 1.165) is 167 Å². The van der Waals surface area contributed by atoms with Crippen molar-refractivity contribution in [3.05, 3.63) is 231 Å². The Morgan fingerprint density at radius 3 is 0.718 bits per heavy atom. The Kier molecular flexibility index (Phi) is 75.2. The summed E-state index contributed by atoms with van der Waals surface area (Å²) < 4.78 is 68.5. The molecular weight excluding hydrogens is 1430 g/mol. The number of esters is 4. The number of carbonyl (C=O) groups is 4. The Balaban J connectivity index is 5.57. The van der Waals surface area contributed by atoms with Crippen molar-refractivity contribution in [3.8, 4) is 0 Å². The molecule has 0 fully saturated rings. The standard InChI is InChI=1S/C91H140O17P2/c1-5-9-13-17-21-25-29-33-37-40-42-45-49-52-56-60-64-68-72-76-89(94)102-82-87(108-91(96)78-74-70-66-62-58-54-50-46-43-41-38-34-30-26-22-18-14-10-6-2)84-106-110(99,100)104-80-85(92)79-103-109(97,98)105-83-86(107-90(95)77-73-69-65-61-57-53-47-36-32-28-24-20-16-12-8-4)81-101-88(93)75-71-67-63-59-55-51-48-44-39-35-31-27-23-19-15-11-7-3/h9-16,21-28,33-39,42-43,45-48,51-52,54,56-59,61,63,85-87,92H,5-8,17-20,29-32,40-41,44,49-50,53,55,60,62,64-84H2,1-4H3,(H,97,98)(H,99,100)/b13-9-,14-10-,15-11-,16-12-,25-21-,26-22-,27-23-,28-24-,37-33-,38-34-,39-35-,45-42-,46-43-,47-36-,51-48-,56-52-,58-54-,61-57-,63-59-. The molecule has 0 aliphatic carbocycles. The van der Waals surface area contributed by atoms with Gasteiger partial charge in [0.2, 0.25) is 0 Å². The summed E-state index contributed by atoms with van der Waals surface area (Å²) in [6, 6.07) is 0. The molecular formula is C91H140O17P2. The zero-order valence-corrected chi connectivity index (χ0v) is 69.1. The van der Waals surface area contributed by atoms with E-state index in [1.807, 2.05) is 18.2 Å². The maximum atomic E-state index is 13.1. The normalized spacial score (nSPS) is 15.0. The molecule has 0 spiro atoms. The minimum atomic E-state index is -5.02. The van der Waals surface area contributed by atoms with E-state index in [-0.39, 0.29) is 25.7 Å². The first-order valence-electron chi connectivity index (χ1n) is 40.6. The van der Waals surface area contributed by atoms with Crippen molar-refractivity contribution >= 4 is 39.5 Å². The van der Waals surface area contributed by atoms with Crippen LogP contribution >= 0.6 is 15.6 Å². The predicted octanol–water partition coefficient (Wildman–Crippen LogP) is 24.2. The Morgan fingerprint density at radius 1 is 0.255 bits per heavy atom. The van der Waals surface area contributed by atoms with E-state index < -0.39 is 97.5 Å². The molecule has 5 unspecified atom stereocenters. The first-order chi connectivity index (χ1) is 53.7. The van der Waals surface area contributed by atoms with Gasteiger partial charge in [-0.05, 0) is 193 Å². The minimum absolute atomic E-state index is 0.0185. The highest BCUT2D eigenvalue weighted by Gasteiger charge is 2.30. The molecule has 0 radical (unpaired) electrons. The Morgan fingerprint density at radius 2 is 0.455 bits per heavy atom. The van der Waals surface area contributed by atoms with Gasteiger partial charge in [0.05, 0.1) is 26.4 Å². The van der Waals surface area contributed by atoms with Gasteiger partial charge in [-0.25, -0.2) is 9.13 Å². The fourth-order valence-electron chi connectivity index (χ4n) is 9.59. The first-order valence-corrected chi connectivity index (χ1v) is 43.6. The van der Waals surface area contributed by atoms with Gasteiger partial charge in [-0.15, -0.1) is 0 Å². The topological polar surface area (TPSA) is 237 Å². The molecule has 0 saturated carbocycles. The molecule has 0 aromatic heterocycles. The van der Waals surface area contributed by atoms with Crippen molar-refractivity contribution in [1.82, 2.24) is 0 Å². The van der Waals surface area contributed by atoms with E-state index in [1.165, 1.54) is 0 Å². The number of phosphoric acid groups is 2. The van der Waals surface area contributed by atoms with E-state index >= 15 is 0 Å². The highest BCUT2D eigenvalue weighted by Crippen LogP contribution is 2.45. The molecule has 0 bridgehead atoms. The van der Waals surface area contributed by atoms with Gasteiger partial charge in [0.25, 0.3) is 0 Å². The fourth-order valence-corrected chi connectivity index (χ4v) is 11.2. The van der Waals surface area contributed by atoms with Gasteiger partial charge in [-0.1, -0.05) is 271 Å². The Hall–Kier alpha value is -6.88. The lowest BCUT2D eigenvalue weighted by Gasteiger charge is -2.21. The molecule has 3 N–H and O–H groups in total. The van der Waals surface area contributed by atoms with Gasteiger partial charge in [0, 0.05) is 25.7 Å². The van der Waals surface area contributed by atoms with E-state index in [2.05, 4.69) is 240 Å². The molecule has 0 aromatic rings. The number of hydrogen-bond donors (Lipinski definition) is 3. The summed E-state index contributed by atoms with van der Waals surface area (Å²) in [4.78, 5) is 73.1. The van der Waals surface area contributed by atoms with Crippen LogP contribution in [0.4, 0.5) is 0 Å². The zero-order chi connectivity index (χ0) is 80.3. The number of carbonyl (C=O) groups excluding carboxylic acids is 4. The molecule has 0 heterocycles. The molecule has 0 amide bonds. The lowest BCUT2D eigenvalue weighted by atomic mass is 10.1. The largest absolute Gasteiger partial charge is 0.472 e. The Labute approximate surface area is 664 Å².